The molecule has 0 aliphatic rings. The molecule has 9 heteroatoms. The van der Waals surface area contributed by atoms with Gasteiger partial charge in [-0.25, -0.2) is 0 Å². The van der Waals surface area contributed by atoms with Gasteiger partial charge in [0.15, 0.2) is 11.7 Å². The van der Waals surface area contributed by atoms with Crippen molar-refractivity contribution in [3.63, 3.8) is 0 Å². The first kappa shape index (κ1) is 21.0. The number of hydrazine groups is 1. The van der Waals surface area contributed by atoms with Crippen molar-refractivity contribution in [1.29, 1.82) is 0 Å². The van der Waals surface area contributed by atoms with Gasteiger partial charge in [-0.3, -0.25) is 25.8 Å². The first-order valence-electron chi connectivity index (χ1n) is 8.42. The van der Waals surface area contributed by atoms with Crippen LogP contribution in [0, 0.1) is 0 Å². The van der Waals surface area contributed by atoms with Crippen molar-refractivity contribution in [2.45, 2.75) is 6.92 Å². The molecule has 0 atom stereocenters. The van der Waals surface area contributed by atoms with E-state index in [4.69, 9.17) is 26.4 Å². The van der Waals surface area contributed by atoms with Gasteiger partial charge in [0, 0.05) is 0 Å². The lowest BCUT2D eigenvalue weighted by Crippen LogP contribution is -2.49. The molecule has 0 radical (unpaired) electrons. The molecule has 0 saturated heterocycles. The highest BCUT2D eigenvalue weighted by Crippen LogP contribution is 2.18. The molecule has 2 aromatic carbocycles. The molecule has 0 unspecified atom stereocenters. The van der Waals surface area contributed by atoms with Crippen LogP contribution in [0.5, 0.6) is 17.2 Å². The van der Waals surface area contributed by atoms with Gasteiger partial charge in [-0.1, -0.05) is 12.1 Å². The van der Waals surface area contributed by atoms with Gasteiger partial charge in [-0.15, -0.1) is 0 Å². The maximum absolute atomic E-state index is 12.3. The molecule has 0 aliphatic carbocycles. The van der Waals surface area contributed by atoms with E-state index >= 15 is 0 Å². The predicted molar refractivity (Wildman–Crippen MR) is 107 cm³/mol. The Kier molecular flexibility index (Phi) is 8.04. The van der Waals surface area contributed by atoms with Crippen LogP contribution in [0.15, 0.2) is 48.5 Å². The van der Waals surface area contributed by atoms with Crippen LogP contribution in [-0.4, -0.2) is 37.3 Å². The van der Waals surface area contributed by atoms with E-state index < -0.39 is 11.8 Å². The van der Waals surface area contributed by atoms with E-state index in [1.165, 1.54) is 0 Å². The largest absolute Gasteiger partial charge is 0.497 e. The molecule has 28 heavy (non-hydrogen) atoms. The summed E-state index contributed by atoms with van der Waals surface area (Å²) >= 11 is 5.01. The molecule has 0 bridgehead atoms. The Bertz CT molecular complexity index is 827. The number of hydrogen-bond acceptors (Lipinski definition) is 6. The summed E-state index contributed by atoms with van der Waals surface area (Å²) in [6.07, 6.45) is 0. The SMILES string of the molecule is CCOc1ccccc1C(=O)NC(=S)NNC(=O)COc1ccc(OC)cc1. The highest BCUT2D eigenvalue weighted by Gasteiger charge is 2.13. The normalized spacial score (nSPS) is 9.79. The third kappa shape index (κ3) is 6.44. The van der Waals surface area contributed by atoms with Crippen molar-refractivity contribution in [2.24, 2.45) is 0 Å². The van der Waals surface area contributed by atoms with Crippen LogP contribution in [-0.2, 0) is 4.79 Å². The number of para-hydroxylation sites is 1. The fourth-order valence-corrected chi connectivity index (χ4v) is 2.26. The highest BCUT2D eigenvalue weighted by atomic mass is 32.1. The van der Waals surface area contributed by atoms with Gasteiger partial charge < -0.3 is 14.2 Å². The third-order valence-corrected chi connectivity index (χ3v) is 3.61. The summed E-state index contributed by atoms with van der Waals surface area (Å²) in [5.41, 5.74) is 5.13. The maximum Gasteiger partial charge on any atom is 0.276 e. The standard InChI is InChI=1S/C19H21N3O5S/c1-3-26-16-7-5-4-6-15(16)18(24)20-19(28)22-21-17(23)12-27-14-10-8-13(25-2)9-11-14/h4-11H,3,12H2,1-2H3,(H,21,23)(H2,20,22,24,28). The Morgan fingerprint density at radius 2 is 1.64 bits per heavy atom. The van der Waals surface area contributed by atoms with E-state index in [2.05, 4.69) is 16.2 Å². The number of amides is 2. The minimum Gasteiger partial charge on any atom is -0.497 e. The molecule has 0 heterocycles. The lowest BCUT2D eigenvalue weighted by atomic mass is 10.2. The summed E-state index contributed by atoms with van der Waals surface area (Å²) in [4.78, 5) is 24.1. The Morgan fingerprint density at radius 3 is 2.32 bits per heavy atom. The number of methoxy groups -OCH3 is 1. The van der Waals surface area contributed by atoms with Crippen LogP contribution in [0.1, 0.15) is 17.3 Å². The second-order valence-corrected chi connectivity index (χ2v) is 5.76. The molecule has 3 N–H and O–H groups in total. The molecular weight excluding hydrogens is 382 g/mol. The lowest BCUT2D eigenvalue weighted by molar-refractivity contribution is -0.123. The number of carbonyl (C=O) groups excluding carboxylic acids is 2. The van der Waals surface area contributed by atoms with E-state index in [1.807, 2.05) is 6.92 Å². The van der Waals surface area contributed by atoms with Gasteiger partial charge in [0.25, 0.3) is 11.8 Å². The fourth-order valence-electron chi connectivity index (χ4n) is 2.12. The van der Waals surface area contributed by atoms with Crippen molar-refractivity contribution in [2.75, 3.05) is 20.3 Å². The van der Waals surface area contributed by atoms with Crippen LogP contribution in [0.25, 0.3) is 0 Å². The van der Waals surface area contributed by atoms with Crippen molar-refractivity contribution in [3.05, 3.63) is 54.1 Å². The Labute approximate surface area is 168 Å². The molecule has 0 aromatic heterocycles. The van der Waals surface area contributed by atoms with Gasteiger partial charge in [0.05, 0.1) is 19.3 Å². The molecule has 2 amide bonds. The van der Waals surface area contributed by atoms with Crippen LogP contribution in [0.3, 0.4) is 0 Å². The summed E-state index contributed by atoms with van der Waals surface area (Å²) < 4.78 is 15.8. The van der Waals surface area contributed by atoms with Gasteiger partial charge in [-0.2, -0.15) is 0 Å². The number of carbonyl (C=O) groups is 2. The molecule has 0 aliphatic heterocycles. The fraction of sp³-hybridized carbons (Fsp3) is 0.211. The van der Waals surface area contributed by atoms with Gasteiger partial charge in [-0.05, 0) is 55.5 Å². The quantitative estimate of drug-likeness (QED) is 0.479. The van der Waals surface area contributed by atoms with Crippen molar-refractivity contribution >= 4 is 29.1 Å². The van der Waals surface area contributed by atoms with E-state index in [1.54, 1.807) is 55.6 Å². The zero-order valence-electron chi connectivity index (χ0n) is 15.5. The van der Waals surface area contributed by atoms with Crippen LogP contribution < -0.4 is 30.4 Å². The third-order valence-electron chi connectivity index (χ3n) is 3.40. The Morgan fingerprint density at radius 1 is 0.964 bits per heavy atom. The second kappa shape index (κ2) is 10.7. The molecule has 0 fully saturated rings. The monoisotopic (exact) mass is 403 g/mol. The number of nitrogens with one attached hydrogen (secondary N) is 3. The minimum absolute atomic E-state index is 0.0610. The highest BCUT2D eigenvalue weighted by molar-refractivity contribution is 7.80. The maximum atomic E-state index is 12.3. The van der Waals surface area contributed by atoms with E-state index in [-0.39, 0.29) is 11.7 Å². The van der Waals surface area contributed by atoms with Crippen LogP contribution >= 0.6 is 12.2 Å². The molecule has 0 saturated carbocycles. The summed E-state index contributed by atoms with van der Waals surface area (Å²) in [5, 5.41) is 2.41. The van der Waals surface area contributed by atoms with Crippen molar-refractivity contribution in [1.82, 2.24) is 16.2 Å². The van der Waals surface area contributed by atoms with E-state index in [0.29, 0.717) is 29.4 Å². The molecule has 2 rings (SSSR count). The van der Waals surface area contributed by atoms with E-state index in [9.17, 15) is 9.59 Å². The number of hydrogen-bond donors (Lipinski definition) is 3. The average Bonchev–Trinajstić information content (AvgIpc) is 2.71. The zero-order chi connectivity index (χ0) is 20.4. The summed E-state index contributed by atoms with van der Waals surface area (Å²) in [6, 6.07) is 13.6. The van der Waals surface area contributed by atoms with E-state index in [0.717, 1.165) is 0 Å². The molecule has 0 spiro atoms. The molecule has 148 valence electrons. The molecular formula is C19H21N3O5S. The Balaban J connectivity index is 1.76. The lowest BCUT2D eigenvalue weighted by Gasteiger charge is -2.13. The number of rotatable bonds is 7. The Hall–Kier alpha value is -3.33. The van der Waals surface area contributed by atoms with Crippen LogP contribution in [0.2, 0.25) is 0 Å². The predicted octanol–water partition coefficient (Wildman–Crippen LogP) is 1.81. The second-order valence-electron chi connectivity index (χ2n) is 5.35. The van der Waals surface area contributed by atoms with Gasteiger partial charge in [0.1, 0.15) is 17.2 Å². The number of benzene rings is 2. The van der Waals surface area contributed by atoms with Crippen LogP contribution in [0.4, 0.5) is 0 Å². The average molecular weight is 403 g/mol. The van der Waals surface area contributed by atoms with Crippen molar-refractivity contribution in [3.8, 4) is 17.2 Å². The van der Waals surface area contributed by atoms with Gasteiger partial charge >= 0.3 is 0 Å². The molecule has 8 nitrogen and oxygen atoms in total. The molecule has 2 aromatic rings. The topological polar surface area (TPSA) is 97.9 Å². The number of ether oxygens (including phenoxy) is 3. The number of thiocarbonyl (C=S) groups is 1. The summed E-state index contributed by atoms with van der Waals surface area (Å²) in [7, 11) is 1.56. The van der Waals surface area contributed by atoms with Gasteiger partial charge in [0.2, 0.25) is 0 Å². The minimum atomic E-state index is -0.470. The van der Waals surface area contributed by atoms with Crippen molar-refractivity contribution < 1.29 is 23.8 Å². The summed E-state index contributed by atoms with van der Waals surface area (Å²) in [6.45, 7) is 2.02. The first-order valence-corrected chi connectivity index (χ1v) is 8.83. The summed E-state index contributed by atoms with van der Waals surface area (Å²) in [5.74, 6) is 0.722. The smallest absolute Gasteiger partial charge is 0.276 e. The first-order chi connectivity index (χ1) is 13.5. The zero-order valence-corrected chi connectivity index (χ0v) is 16.3.